The lowest BCUT2D eigenvalue weighted by atomic mass is 9.93. The van der Waals surface area contributed by atoms with Crippen molar-refractivity contribution < 1.29 is 14.7 Å². The maximum absolute atomic E-state index is 12.5. The van der Waals surface area contributed by atoms with Crippen molar-refractivity contribution >= 4 is 11.8 Å². The minimum absolute atomic E-state index is 0.130. The van der Waals surface area contributed by atoms with Crippen LogP contribution in [0.1, 0.15) is 37.3 Å². The van der Waals surface area contributed by atoms with E-state index in [-0.39, 0.29) is 17.7 Å². The molecule has 1 aliphatic rings. The molecule has 2 amide bonds. The molecule has 1 aromatic carbocycles. The molecular weight excluding hydrogens is 292 g/mol. The van der Waals surface area contributed by atoms with Crippen LogP contribution in [-0.2, 0) is 9.59 Å². The van der Waals surface area contributed by atoms with E-state index in [1.165, 1.54) is 18.1 Å². The second-order valence-electron chi connectivity index (χ2n) is 6.34. The first-order chi connectivity index (χ1) is 10.9. The fourth-order valence-corrected chi connectivity index (χ4v) is 3.08. The molecule has 0 bridgehead atoms. The van der Waals surface area contributed by atoms with Crippen LogP contribution in [-0.4, -0.2) is 59.0 Å². The van der Waals surface area contributed by atoms with Crippen LogP contribution in [0.4, 0.5) is 0 Å². The summed E-state index contributed by atoms with van der Waals surface area (Å²) in [6.45, 7) is 7.69. The van der Waals surface area contributed by atoms with Crippen molar-refractivity contribution in [3.63, 3.8) is 0 Å². The second-order valence-corrected chi connectivity index (χ2v) is 6.34. The number of piperazine rings is 1. The monoisotopic (exact) mass is 318 g/mol. The smallest absolute Gasteiger partial charge is 0.251 e. The van der Waals surface area contributed by atoms with Gasteiger partial charge in [0.25, 0.3) is 5.91 Å². The number of aryl methyl sites for hydroxylation is 1. The molecule has 1 fully saturated rings. The Balaban J connectivity index is 1.88. The molecule has 0 saturated carbocycles. The highest BCUT2D eigenvalue weighted by molar-refractivity contribution is 5.81. The van der Waals surface area contributed by atoms with Crippen molar-refractivity contribution in [1.29, 1.82) is 0 Å². The number of aliphatic hydroxyl groups is 1. The number of rotatable bonds is 4. The van der Waals surface area contributed by atoms with Crippen LogP contribution >= 0.6 is 0 Å². The molecule has 126 valence electrons. The molecule has 23 heavy (non-hydrogen) atoms. The standard InChI is InChI=1S/C18H26N2O3/c1-13-6-4-5-7-16(13)14(2)12-17(22)19-8-10-20(11-9-19)18(23)15(3)21/h4-7,14-15,21H,8-12H2,1-3H3. The summed E-state index contributed by atoms with van der Waals surface area (Å²) in [5, 5.41) is 9.35. The molecule has 0 radical (unpaired) electrons. The summed E-state index contributed by atoms with van der Waals surface area (Å²) in [7, 11) is 0. The van der Waals surface area contributed by atoms with Crippen molar-refractivity contribution in [2.45, 2.75) is 39.2 Å². The molecule has 1 aliphatic heterocycles. The quantitative estimate of drug-likeness (QED) is 0.916. The van der Waals surface area contributed by atoms with Gasteiger partial charge in [0, 0.05) is 32.6 Å². The third kappa shape index (κ3) is 4.32. The lowest BCUT2D eigenvalue weighted by Gasteiger charge is -2.35. The van der Waals surface area contributed by atoms with E-state index in [1.54, 1.807) is 4.90 Å². The van der Waals surface area contributed by atoms with E-state index >= 15 is 0 Å². The van der Waals surface area contributed by atoms with Crippen LogP contribution in [0.5, 0.6) is 0 Å². The Bertz CT molecular complexity index is 563. The van der Waals surface area contributed by atoms with Gasteiger partial charge in [-0.15, -0.1) is 0 Å². The van der Waals surface area contributed by atoms with Gasteiger partial charge in [0.2, 0.25) is 5.91 Å². The number of nitrogens with zero attached hydrogens (tertiary/aromatic N) is 2. The van der Waals surface area contributed by atoms with Crippen molar-refractivity contribution in [1.82, 2.24) is 9.80 Å². The highest BCUT2D eigenvalue weighted by atomic mass is 16.3. The minimum Gasteiger partial charge on any atom is -0.384 e. The van der Waals surface area contributed by atoms with Gasteiger partial charge >= 0.3 is 0 Å². The van der Waals surface area contributed by atoms with Gasteiger partial charge in [0.1, 0.15) is 6.10 Å². The first-order valence-corrected chi connectivity index (χ1v) is 8.20. The van der Waals surface area contributed by atoms with Crippen LogP contribution in [0.3, 0.4) is 0 Å². The first kappa shape index (κ1) is 17.5. The lowest BCUT2D eigenvalue weighted by Crippen LogP contribution is -2.52. The van der Waals surface area contributed by atoms with Gasteiger partial charge in [-0.3, -0.25) is 9.59 Å². The number of carbonyl (C=O) groups excluding carboxylic acids is 2. The Morgan fingerprint density at radius 1 is 1.09 bits per heavy atom. The third-order valence-corrected chi connectivity index (χ3v) is 4.50. The maximum atomic E-state index is 12.5. The van der Waals surface area contributed by atoms with Crippen molar-refractivity contribution in [3.8, 4) is 0 Å². The SMILES string of the molecule is Cc1ccccc1C(C)CC(=O)N1CCN(C(=O)C(C)O)CC1. The molecule has 5 nitrogen and oxygen atoms in total. The minimum atomic E-state index is -0.974. The zero-order chi connectivity index (χ0) is 17.0. The molecule has 1 heterocycles. The maximum Gasteiger partial charge on any atom is 0.251 e. The predicted octanol–water partition coefficient (Wildman–Crippen LogP) is 1.54. The number of hydrogen-bond acceptors (Lipinski definition) is 3. The molecule has 1 saturated heterocycles. The Kier molecular flexibility index (Phi) is 5.77. The molecule has 2 unspecified atom stereocenters. The normalized spacial score (nSPS) is 17.7. The summed E-state index contributed by atoms with van der Waals surface area (Å²) < 4.78 is 0. The molecule has 2 atom stereocenters. The van der Waals surface area contributed by atoms with Crippen molar-refractivity contribution in [2.24, 2.45) is 0 Å². The van der Waals surface area contributed by atoms with Crippen molar-refractivity contribution in [3.05, 3.63) is 35.4 Å². The molecule has 1 N–H and O–H groups in total. The number of amides is 2. The Labute approximate surface area is 137 Å². The van der Waals surface area contributed by atoms with E-state index < -0.39 is 6.10 Å². The van der Waals surface area contributed by atoms with Crippen LogP contribution < -0.4 is 0 Å². The second kappa shape index (κ2) is 7.59. The topological polar surface area (TPSA) is 60.9 Å². The van der Waals surface area contributed by atoms with E-state index in [9.17, 15) is 14.7 Å². The Morgan fingerprint density at radius 2 is 1.65 bits per heavy atom. The van der Waals surface area contributed by atoms with Crippen LogP contribution in [0, 0.1) is 6.92 Å². The van der Waals surface area contributed by atoms with E-state index in [1.807, 2.05) is 17.0 Å². The number of hydrogen-bond donors (Lipinski definition) is 1. The van der Waals surface area contributed by atoms with Gasteiger partial charge in [0.15, 0.2) is 0 Å². The highest BCUT2D eigenvalue weighted by Gasteiger charge is 2.26. The van der Waals surface area contributed by atoms with Gasteiger partial charge < -0.3 is 14.9 Å². The zero-order valence-corrected chi connectivity index (χ0v) is 14.2. The van der Waals surface area contributed by atoms with Gasteiger partial charge in [-0.25, -0.2) is 0 Å². The Hall–Kier alpha value is -1.88. The summed E-state index contributed by atoms with van der Waals surface area (Å²) in [5.41, 5.74) is 2.42. The van der Waals surface area contributed by atoms with Crippen LogP contribution in [0.25, 0.3) is 0 Å². The summed E-state index contributed by atoms with van der Waals surface area (Å²) in [6, 6.07) is 8.15. The van der Waals surface area contributed by atoms with Gasteiger partial charge in [0.05, 0.1) is 0 Å². The average molecular weight is 318 g/mol. The lowest BCUT2D eigenvalue weighted by molar-refractivity contribution is -0.144. The average Bonchev–Trinajstić information content (AvgIpc) is 2.54. The van der Waals surface area contributed by atoms with Crippen molar-refractivity contribution in [2.75, 3.05) is 26.2 Å². The van der Waals surface area contributed by atoms with Crippen LogP contribution in [0.15, 0.2) is 24.3 Å². The molecule has 0 aromatic heterocycles. The highest BCUT2D eigenvalue weighted by Crippen LogP contribution is 2.23. The summed E-state index contributed by atoms with van der Waals surface area (Å²) in [5.74, 6) is 0.0519. The van der Waals surface area contributed by atoms with Gasteiger partial charge in [-0.2, -0.15) is 0 Å². The van der Waals surface area contributed by atoms with E-state index in [0.29, 0.717) is 32.6 Å². The number of benzene rings is 1. The predicted molar refractivity (Wildman–Crippen MR) is 89.1 cm³/mol. The van der Waals surface area contributed by atoms with Gasteiger partial charge in [-0.05, 0) is 30.9 Å². The molecule has 0 spiro atoms. The zero-order valence-electron chi connectivity index (χ0n) is 14.2. The summed E-state index contributed by atoms with van der Waals surface area (Å²) >= 11 is 0. The summed E-state index contributed by atoms with van der Waals surface area (Å²) in [6.07, 6.45) is -0.492. The van der Waals surface area contributed by atoms with E-state index in [4.69, 9.17) is 0 Å². The molecule has 0 aliphatic carbocycles. The van der Waals surface area contributed by atoms with Crippen LogP contribution in [0.2, 0.25) is 0 Å². The molecule has 2 rings (SSSR count). The fraction of sp³-hybridized carbons (Fsp3) is 0.556. The van der Waals surface area contributed by atoms with Gasteiger partial charge in [-0.1, -0.05) is 31.2 Å². The van der Waals surface area contributed by atoms with E-state index in [0.717, 1.165) is 0 Å². The fourth-order valence-electron chi connectivity index (χ4n) is 3.08. The molecular formula is C18H26N2O3. The largest absolute Gasteiger partial charge is 0.384 e. The molecule has 5 heteroatoms. The number of carbonyl (C=O) groups is 2. The number of aliphatic hydroxyl groups excluding tert-OH is 1. The third-order valence-electron chi connectivity index (χ3n) is 4.50. The molecule has 1 aromatic rings. The Morgan fingerprint density at radius 3 is 2.22 bits per heavy atom. The summed E-state index contributed by atoms with van der Waals surface area (Å²) in [4.78, 5) is 27.7. The van der Waals surface area contributed by atoms with E-state index in [2.05, 4.69) is 26.0 Å². The first-order valence-electron chi connectivity index (χ1n) is 8.20.